The van der Waals surface area contributed by atoms with Crippen molar-refractivity contribution in [3.63, 3.8) is 0 Å². The number of aromatic nitrogens is 4. The molecule has 0 aliphatic rings. The first-order valence-electron chi connectivity index (χ1n) is 4.36. The van der Waals surface area contributed by atoms with Crippen LogP contribution in [0.2, 0.25) is 0 Å². The average Bonchev–Trinajstić information content (AvgIpc) is 2.77. The zero-order valence-electron chi connectivity index (χ0n) is 7.96. The van der Waals surface area contributed by atoms with Crippen molar-refractivity contribution < 1.29 is 5.11 Å². The van der Waals surface area contributed by atoms with Gasteiger partial charge >= 0.3 is 0 Å². The number of hydrogen-bond donors (Lipinski definition) is 1. The first-order valence-corrected chi connectivity index (χ1v) is 4.36. The molecular formula is C9H12N4O. The number of aliphatic hydroxyl groups is 1. The van der Waals surface area contributed by atoms with Gasteiger partial charge in [0.25, 0.3) is 0 Å². The van der Waals surface area contributed by atoms with Crippen molar-refractivity contribution >= 4 is 0 Å². The van der Waals surface area contributed by atoms with Crippen molar-refractivity contribution in [3.8, 4) is 0 Å². The molecule has 2 rings (SSSR count). The van der Waals surface area contributed by atoms with Crippen molar-refractivity contribution in [2.45, 2.75) is 13.2 Å². The highest BCUT2D eigenvalue weighted by Gasteiger charge is 2.01. The molecule has 0 aliphatic heterocycles. The smallest absolute Gasteiger partial charge is 0.0954 e. The molecule has 0 saturated carbocycles. The van der Waals surface area contributed by atoms with Gasteiger partial charge in [0.2, 0.25) is 0 Å². The van der Waals surface area contributed by atoms with E-state index in [0.29, 0.717) is 5.69 Å². The van der Waals surface area contributed by atoms with Crippen molar-refractivity contribution in [3.05, 3.63) is 36.4 Å². The first-order chi connectivity index (χ1) is 6.79. The van der Waals surface area contributed by atoms with E-state index in [1.54, 1.807) is 12.7 Å². The van der Waals surface area contributed by atoms with Crippen LogP contribution >= 0.6 is 0 Å². The maximum atomic E-state index is 8.84. The lowest BCUT2D eigenvalue weighted by molar-refractivity contribution is 0.277. The molecule has 2 aromatic heterocycles. The van der Waals surface area contributed by atoms with Crippen molar-refractivity contribution in [2.24, 2.45) is 7.05 Å². The van der Waals surface area contributed by atoms with Gasteiger partial charge in [0.15, 0.2) is 0 Å². The molecule has 0 saturated heterocycles. The molecular weight excluding hydrogens is 180 g/mol. The SMILES string of the molecule is Cn1cncc1Cn1cnc(CO)c1. The highest BCUT2D eigenvalue weighted by molar-refractivity contribution is 5.02. The molecule has 0 radical (unpaired) electrons. The molecule has 2 aromatic rings. The first kappa shape index (κ1) is 8.96. The summed E-state index contributed by atoms with van der Waals surface area (Å²) in [6.45, 7) is 0.710. The van der Waals surface area contributed by atoms with E-state index in [1.807, 2.05) is 28.6 Å². The van der Waals surface area contributed by atoms with Crippen LogP contribution in [-0.4, -0.2) is 24.2 Å². The monoisotopic (exact) mass is 192 g/mol. The van der Waals surface area contributed by atoms with Crippen molar-refractivity contribution in [1.29, 1.82) is 0 Å². The molecule has 74 valence electrons. The highest BCUT2D eigenvalue weighted by Crippen LogP contribution is 2.02. The molecule has 0 amide bonds. The van der Waals surface area contributed by atoms with Gasteiger partial charge in [-0.1, -0.05) is 0 Å². The molecule has 0 spiro atoms. The predicted octanol–water partition coefficient (Wildman–Crippen LogP) is 0.157. The van der Waals surface area contributed by atoms with E-state index in [4.69, 9.17) is 5.11 Å². The molecule has 5 heteroatoms. The van der Waals surface area contributed by atoms with Crippen LogP contribution in [0.1, 0.15) is 11.4 Å². The van der Waals surface area contributed by atoms with Crippen LogP contribution < -0.4 is 0 Å². The summed E-state index contributed by atoms with van der Waals surface area (Å²) in [4.78, 5) is 8.05. The Hall–Kier alpha value is -1.62. The molecule has 0 aromatic carbocycles. The summed E-state index contributed by atoms with van der Waals surface area (Å²) in [5, 5.41) is 8.84. The number of rotatable bonds is 3. The van der Waals surface area contributed by atoms with Crippen LogP contribution in [0.4, 0.5) is 0 Å². The molecule has 0 bridgehead atoms. The highest BCUT2D eigenvalue weighted by atomic mass is 16.3. The molecule has 0 fully saturated rings. The number of aryl methyl sites for hydroxylation is 1. The van der Waals surface area contributed by atoms with Crippen molar-refractivity contribution in [1.82, 2.24) is 19.1 Å². The lowest BCUT2D eigenvalue weighted by Gasteiger charge is -2.01. The van der Waals surface area contributed by atoms with Gasteiger partial charge in [0.05, 0.1) is 37.2 Å². The maximum absolute atomic E-state index is 8.84. The zero-order valence-corrected chi connectivity index (χ0v) is 7.96. The van der Waals surface area contributed by atoms with Crippen molar-refractivity contribution in [2.75, 3.05) is 0 Å². The van der Waals surface area contributed by atoms with E-state index in [-0.39, 0.29) is 6.61 Å². The third-order valence-corrected chi connectivity index (χ3v) is 2.11. The molecule has 0 unspecified atom stereocenters. The molecule has 14 heavy (non-hydrogen) atoms. The fraction of sp³-hybridized carbons (Fsp3) is 0.333. The second kappa shape index (κ2) is 3.63. The van der Waals surface area contributed by atoms with E-state index in [9.17, 15) is 0 Å². The standard InChI is InChI=1S/C9H12N4O/c1-12-6-10-2-9(12)4-13-3-8(5-14)11-7-13/h2-3,6-7,14H,4-5H2,1H3. The largest absolute Gasteiger partial charge is 0.390 e. The lowest BCUT2D eigenvalue weighted by atomic mass is 10.4. The molecule has 0 aliphatic carbocycles. The van der Waals surface area contributed by atoms with Crippen LogP contribution in [0, 0.1) is 0 Å². The van der Waals surface area contributed by atoms with Gasteiger partial charge in [-0.05, 0) is 0 Å². The number of imidazole rings is 2. The maximum Gasteiger partial charge on any atom is 0.0954 e. The van der Waals surface area contributed by atoms with Crippen LogP contribution in [0.15, 0.2) is 25.0 Å². The van der Waals surface area contributed by atoms with Gasteiger partial charge < -0.3 is 14.2 Å². The fourth-order valence-electron chi connectivity index (χ4n) is 1.30. The van der Waals surface area contributed by atoms with E-state index in [1.165, 1.54) is 0 Å². The van der Waals surface area contributed by atoms with E-state index in [0.717, 1.165) is 12.2 Å². The Labute approximate surface area is 81.7 Å². The Morgan fingerprint density at radius 1 is 1.43 bits per heavy atom. The Balaban J connectivity index is 2.15. The third kappa shape index (κ3) is 1.67. The van der Waals surface area contributed by atoms with E-state index in [2.05, 4.69) is 9.97 Å². The number of nitrogens with zero attached hydrogens (tertiary/aromatic N) is 4. The minimum absolute atomic E-state index is 0.0155. The molecule has 2 heterocycles. The quantitative estimate of drug-likeness (QED) is 0.753. The summed E-state index contributed by atoms with van der Waals surface area (Å²) >= 11 is 0. The van der Waals surface area contributed by atoms with Crippen LogP contribution in [-0.2, 0) is 20.2 Å². The summed E-state index contributed by atoms with van der Waals surface area (Å²) < 4.78 is 3.88. The lowest BCUT2D eigenvalue weighted by Crippen LogP contribution is -2.01. The molecule has 1 N–H and O–H groups in total. The Morgan fingerprint density at radius 2 is 2.29 bits per heavy atom. The van der Waals surface area contributed by atoms with Crippen LogP contribution in [0.25, 0.3) is 0 Å². The Kier molecular flexibility index (Phi) is 2.32. The minimum Gasteiger partial charge on any atom is -0.390 e. The van der Waals surface area contributed by atoms with Gasteiger partial charge in [0, 0.05) is 19.4 Å². The summed E-state index contributed by atoms with van der Waals surface area (Å²) in [6.07, 6.45) is 7.11. The number of aliphatic hydroxyl groups excluding tert-OH is 1. The van der Waals surface area contributed by atoms with Gasteiger partial charge in [0.1, 0.15) is 0 Å². The summed E-state index contributed by atoms with van der Waals surface area (Å²) in [7, 11) is 1.95. The Morgan fingerprint density at radius 3 is 2.86 bits per heavy atom. The van der Waals surface area contributed by atoms with Gasteiger partial charge in [-0.15, -0.1) is 0 Å². The predicted molar refractivity (Wildman–Crippen MR) is 50.5 cm³/mol. The van der Waals surface area contributed by atoms with Gasteiger partial charge in [-0.25, -0.2) is 9.97 Å². The van der Waals surface area contributed by atoms with E-state index >= 15 is 0 Å². The van der Waals surface area contributed by atoms with Gasteiger partial charge in [-0.3, -0.25) is 0 Å². The minimum atomic E-state index is -0.0155. The second-order valence-corrected chi connectivity index (χ2v) is 3.19. The zero-order chi connectivity index (χ0) is 9.97. The van der Waals surface area contributed by atoms with E-state index < -0.39 is 0 Å². The normalized spacial score (nSPS) is 10.7. The molecule has 0 atom stereocenters. The fourth-order valence-corrected chi connectivity index (χ4v) is 1.30. The van der Waals surface area contributed by atoms with Gasteiger partial charge in [-0.2, -0.15) is 0 Å². The summed E-state index contributed by atoms with van der Waals surface area (Å²) in [5.74, 6) is 0. The average molecular weight is 192 g/mol. The Bertz CT molecular complexity index is 418. The summed E-state index contributed by atoms with van der Waals surface area (Å²) in [5.41, 5.74) is 1.79. The molecule has 5 nitrogen and oxygen atoms in total. The van der Waals surface area contributed by atoms with Crippen LogP contribution in [0.5, 0.6) is 0 Å². The van der Waals surface area contributed by atoms with Crippen LogP contribution in [0.3, 0.4) is 0 Å². The third-order valence-electron chi connectivity index (χ3n) is 2.11. The summed E-state index contributed by atoms with van der Waals surface area (Å²) in [6, 6.07) is 0. The topological polar surface area (TPSA) is 55.9 Å². The number of hydrogen-bond acceptors (Lipinski definition) is 3. The second-order valence-electron chi connectivity index (χ2n) is 3.19.